The molecule has 3 aliphatic heterocycles. The number of benzene rings is 1. The number of morpholine rings is 1. The molecule has 0 saturated carbocycles. The predicted molar refractivity (Wildman–Crippen MR) is 145 cm³/mol. The highest BCUT2D eigenvalue weighted by Crippen LogP contribution is 2.44. The first-order valence-corrected chi connectivity index (χ1v) is 13.0. The smallest absolute Gasteiger partial charge is 0.243 e. The second-order valence-corrected chi connectivity index (χ2v) is 9.75. The van der Waals surface area contributed by atoms with Crippen molar-refractivity contribution in [3.63, 3.8) is 0 Å². The molecular weight excluding hydrogens is 524 g/mol. The number of rotatable bonds is 8. The summed E-state index contributed by atoms with van der Waals surface area (Å²) in [5, 5.41) is 6.26. The summed E-state index contributed by atoms with van der Waals surface area (Å²) >= 11 is 0. The minimum Gasteiger partial charge on any atom is -0.494 e. The highest BCUT2D eigenvalue weighted by Gasteiger charge is 2.37. The molecule has 12 heteroatoms. The molecular formula is C28H33F2N5O5. The van der Waals surface area contributed by atoms with Crippen molar-refractivity contribution in [2.75, 3.05) is 66.1 Å². The van der Waals surface area contributed by atoms with Crippen LogP contribution in [-0.4, -0.2) is 93.6 Å². The minimum atomic E-state index is -0.817. The number of hydrogen-bond donors (Lipinski definition) is 2. The van der Waals surface area contributed by atoms with Gasteiger partial charge >= 0.3 is 0 Å². The van der Waals surface area contributed by atoms with Crippen molar-refractivity contribution in [3.05, 3.63) is 59.3 Å². The van der Waals surface area contributed by atoms with E-state index in [9.17, 15) is 4.79 Å². The SMILES string of the molecule is C=CC(=O)N[C@H]1COC[C@H]1Nc1cc2c(cn1)C=C(c1c(F)c(OC)cc(OC)c1F)N(C)C2N1CCOCC1. The number of nitrogens with zero attached hydrogens (tertiary/aromatic N) is 3. The van der Waals surface area contributed by atoms with E-state index in [1.54, 1.807) is 19.3 Å². The Morgan fingerprint density at radius 1 is 1.10 bits per heavy atom. The number of pyridine rings is 1. The van der Waals surface area contributed by atoms with Gasteiger partial charge in [0.15, 0.2) is 23.1 Å². The van der Waals surface area contributed by atoms with E-state index in [2.05, 4.69) is 27.1 Å². The molecule has 0 radical (unpaired) electrons. The highest BCUT2D eigenvalue weighted by molar-refractivity contribution is 5.87. The van der Waals surface area contributed by atoms with Crippen LogP contribution in [0.5, 0.6) is 11.5 Å². The van der Waals surface area contributed by atoms with E-state index >= 15 is 8.78 Å². The van der Waals surface area contributed by atoms with Crippen LogP contribution in [0, 0.1) is 11.6 Å². The van der Waals surface area contributed by atoms with Crippen LogP contribution < -0.4 is 20.1 Å². The molecule has 214 valence electrons. The van der Waals surface area contributed by atoms with Crippen LogP contribution >= 0.6 is 0 Å². The Morgan fingerprint density at radius 2 is 1.77 bits per heavy atom. The summed E-state index contributed by atoms with van der Waals surface area (Å²) in [7, 11) is 4.45. The molecule has 2 N–H and O–H groups in total. The minimum absolute atomic E-state index is 0.120. The number of halogens is 2. The lowest BCUT2D eigenvalue weighted by Crippen LogP contribution is -2.46. The normalized spacial score (nSPS) is 22.8. The number of carbonyl (C=O) groups excluding carboxylic acids is 1. The first-order valence-electron chi connectivity index (χ1n) is 13.0. The van der Waals surface area contributed by atoms with E-state index < -0.39 is 11.6 Å². The molecule has 1 unspecified atom stereocenters. The van der Waals surface area contributed by atoms with Crippen LogP contribution in [0.1, 0.15) is 22.9 Å². The van der Waals surface area contributed by atoms with Gasteiger partial charge in [-0.05, 0) is 18.2 Å². The fourth-order valence-corrected chi connectivity index (χ4v) is 5.39. The van der Waals surface area contributed by atoms with E-state index in [0.717, 1.165) is 11.1 Å². The molecule has 0 aliphatic carbocycles. The summed E-state index contributed by atoms with van der Waals surface area (Å²) in [5.41, 5.74) is 1.71. The van der Waals surface area contributed by atoms with Crippen LogP contribution in [0.15, 0.2) is 31.0 Å². The molecule has 3 aliphatic rings. The predicted octanol–water partition coefficient (Wildman–Crippen LogP) is 2.63. The van der Waals surface area contributed by atoms with Crippen molar-refractivity contribution in [2.24, 2.45) is 0 Å². The Balaban J connectivity index is 1.56. The quantitative estimate of drug-likeness (QED) is 0.475. The van der Waals surface area contributed by atoms with Gasteiger partial charge in [-0.3, -0.25) is 9.69 Å². The fraction of sp³-hybridized carbons (Fsp3) is 0.429. The molecule has 2 saturated heterocycles. The number of carbonyl (C=O) groups is 1. The summed E-state index contributed by atoms with van der Waals surface area (Å²) in [5.74, 6) is -1.56. The molecule has 2 aromatic rings. The average Bonchev–Trinajstić information content (AvgIpc) is 3.40. The van der Waals surface area contributed by atoms with Gasteiger partial charge in [-0.15, -0.1) is 0 Å². The summed E-state index contributed by atoms with van der Waals surface area (Å²) < 4.78 is 52.7. The van der Waals surface area contributed by atoms with Gasteiger partial charge in [0.25, 0.3) is 0 Å². The molecule has 10 nitrogen and oxygen atoms in total. The number of anilines is 1. The maximum absolute atomic E-state index is 15.6. The van der Waals surface area contributed by atoms with E-state index in [1.165, 1.54) is 26.4 Å². The van der Waals surface area contributed by atoms with Crippen molar-refractivity contribution in [1.82, 2.24) is 20.1 Å². The van der Waals surface area contributed by atoms with Gasteiger partial charge in [0.2, 0.25) is 5.91 Å². The monoisotopic (exact) mass is 557 g/mol. The standard InChI is InChI=1S/C28H33F2N5O5/c1-5-24(36)33-19-15-40-14-18(19)32-23-11-17-16(13-31-23)10-20(34(2)28(17)35-6-8-39-9-7-35)25-26(29)21(37-3)12-22(38-4)27(25)30/h5,10-13,18-19,28H,1,6-9,14-15H2,2-4H3,(H,31,32)(H,33,36)/t18-,19+,28?/m1/s1. The number of methoxy groups -OCH3 is 2. The Bertz CT molecular complexity index is 1290. The van der Waals surface area contributed by atoms with Crippen molar-refractivity contribution in [2.45, 2.75) is 18.2 Å². The van der Waals surface area contributed by atoms with E-state index in [-0.39, 0.29) is 41.2 Å². The summed E-state index contributed by atoms with van der Waals surface area (Å²) in [4.78, 5) is 20.5. The van der Waals surface area contributed by atoms with E-state index in [0.29, 0.717) is 51.0 Å². The Kier molecular flexibility index (Phi) is 8.19. The molecule has 1 aromatic carbocycles. The van der Waals surface area contributed by atoms with Crippen molar-refractivity contribution >= 4 is 23.5 Å². The number of fused-ring (bicyclic) bond motifs is 1. The fourth-order valence-electron chi connectivity index (χ4n) is 5.39. The van der Waals surface area contributed by atoms with Crippen LogP contribution in [0.4, 0.5) is 14.6 Å². The number of amides is 1. The number of ether oxygens (including phenoxy) is 4. The molecule has 5 rings (SSSR count). The van der Waals surface area contributed by atoms with Gasteiger partial charge in [0, 0.05) is 43.5 Å². The van der Waals surface area contributed by atoms with Crippen LogP contribution in [0.2, 0.25) is 0 Å². The third-order valence-corrected chi connectivity index (χ3v) is 7.43. The summed E-state index contributed by atoms with van der Waals surface area (Å²) in [6.07, 6.45) is 4.26. The lowest BCUT2D eigenvalue weighted by atomic mass is 9.95. The van der Waals surface area contributed by atoms with Gasteiger partial charge in [0.05, 0.1) is 64.0 Å². The zero-order valence-electron chi connectivity index (χ0n) is 22.7. The molecule has 1 aromatic heterocycles. The molecule has 1 amide bonds. The Morgan fingerprint density at radius 3 is 2.42 bits per heavy atom. The third kappa shape index (κ3) is 5.21. The lowest BCUT2D eigenvalue weighted by Gasteiger charge is -2.44. The average molecular weight is 558 g/mol. The Hall–Kier alpha value is -3.74. The molecule has 2 fully saturated rings. The summed E-state index contributed by atoms with van der Waals surface area (Å²) in [6.45, 7) is 6.61. The van der Waals surface area contributed by atoms with Crippen molar-refractivity contribution in [3.8, 4) is 11.5 Å². The lowest BCUT2D eigenvalue weighted by molar-refractivity contribution is -0.117. The molecule has 0 bridgehead atoms. The van der Waals surface area contributed by atoms with Gasteiger partial charge in [-0.2, -0.15) is 0 Å². The van der Waals surface area contributed by atoms with Crippen LogP contribution in [0.3, 0.4) is 0 Å². The number of aromatic nitrogens is 1. The number of nitrogens with one attached hydrogen (secondary N) is 2. The Labute approximate surface area is 231 Å². The zero-order valence-corrected chi connectivity index (χ0v) is 22.7. The van der Waals surface area contributed by atoms with Gasteiger partial charge in [-0.25, -0.2) is 13.8 Å². The molecule has 3 atom stereocenters. The molecule has 4 heterocycles. The number of hydrogen-bond acceptors (Lipinski definition) is 9. The second-order valence-electron chi connectivity index (χ2n) is 9.75. The van der Waals surface area contributed by atoms with Crippen LogP contribution in [-0.2, 0) is 14.3 Å². The zero-order chi connectivity index (χ0) is 28.4. The summed E-state index contributed by atoms with van der Waals surface area (Å²) in [6, 6.07) is 2.68. The first-order chi connectivity index (χ1) is 19.4. The second kappa shape index (κ2) is 11.8. The van der Waals surface area contributed by atoms with Crippen molar-refractivity contribution < 1.29 is 32.5 Å². The maximum atomic E-state index is 15.6. The first kappa shape index (κ1) is 27.8. The van der Waals surface area contributed by atoms with Gasteiger partial charge in [0.1, 0.15) is 12.0 Å². The third-order valence-electron chi connectivity index (χ3n) is 7.43. The van der Waals surface area contributed by atoms with Gasteiger partial charge in [-0.1, -0.05) is 6.58 Å². The highest BCUT2D eigenvalue weighted by atomic mass is 19.1. The van der Waals surface area contributed by atoms with E-state index in [1.807, 2.05) is 11.0 Å². The molecule has 40 heavy (non-hydrogen) atoms. The topological polar surface area (TPSA) is 97.4 Å². The molecule has 0 spiro atoms. The largest absolute Gasteiger partial charge is 0.494 e. The van der Waals surface area contributed by atoms with Gasteiger partial charge < -0.3 is 34.5 Å². The van der Waals surface area contributed by atoms with Crippen molar-refractivity contribution in [1.29, 1.82) is 0 Å². The maximum Gasteiger partial charge on any atom is 0.243 e. The van der Waals surface area contributed by atoms with E-state index in [4.69, 9.17) is 18.9 Å². The van der Waals surface area contributed by atoms with Crippen LogP contribution in [0.25, 0.3) is 11.8 Å².